The number of aryl methyl sites for hydroxylation is 3. The fraction of sp³-hybridized carbons (Fsp3) is 0.450. The third-order valence-corrected chi connectivity index (χ3v) is 6.54. The van der Waals surface area contributed by atoms with Crippen molar-refractivity contribution in [1.29, 1.82) is 0 Å². The smallest absolute Gasteiger partial charge is 0.256 e. The lowest BCUT2D eigenvalue weighted by Crippen LogP contribution is -2.35. The molecule has 5 nitrogen and oxygen atoms in total. The van der Waals surface area contributed by atoms with Crippen LogP contribution in [0.15, 0.2) is 17.5 Å². The molecule has 6 heteroatoms. The number of pyridine rings is 1. The maximum atomic E-state index is 13.3. The molecule has 0 aliphatic carbocycles. The number of thiophene rings is 1. The maximum Gasteiger partial charge on any atom is 0.256 e. The molecule has 2 aliphatic rings. The van der Waals surface area contributed by atoms with E-state index in [4.69, 9.17) is 9.97 Å². The van der Waals surface area contributed by atoms with Gasteiger partial charge in [0.05, 0.1) is 5.56 Å². The van der Waals surface area contributed by atoms with Gasteiger partial charge in [-0.25, -0.2) is 9.97 Å². The van der Waals surface area contributed by atoms with Crippen LogP contribution in [0.2, 0.25) is 0 Å². The molecule has 0 aromatic carbocycles. The van der Waals surface area contributed by atoms with Gasteiger partial charge in [-0.1, -0.05) is 6.42 Å². The average molecular weight is 366 g/mol. The summed E-state index contributed by atoms with van der Waals surface area (Å²) in [6.45, 7) is 4.41. The first kappa shape index (κ1) is 16.0. The highest BCUT2D eigenvalue weighted by Gasteiger charge is 2.26. The molecule has 3 aromatic heterocycles. The molecule has 0 unspecified atom stereocenters. The fourth-order valence-electron chi connectivity index (χ4n) is 4.17. The maximum absolute atomic E-state index is 13.3. The summed E-state index contributed by atoms with van der Waals surface area (Å²) in [5, 5.41) is 2.12. The number of rotatable bonds is 1. The van der Waals surface area contributed by atoms with Gasteiger partial charge in [-0.2, -0.15) is 0 Å². The minimum atomic E-state index is 0.0885. The van der Waals surface area contributed by atoms with Gasteiger partial charge >= 0.3 is 0 Å². The summed E-state index contributed by atoms with van der Waals surface area (Å²) in [6, 6.07) is 4.06. The van der Waals surface area contributed by atoms with Crippen LogP contribution in [0.3, 0.4) is 0 Å². The van der Waals surface area contributed by atoms with E-state index in [-0.39, 0.29) is 5.91 Å². The van der Waals surface area contributed by atoms with Gasteiger partial charge in [0.25, 0.3) is 5.91 Å². The van der Waals surface area contributed by atoms with Gasteiger partial charge in [-0.05, 0) is 49.3 Å². The highest BCUT2D eigenvalue weighted by atomic mass is 32.1. The third-order valence-electron chi connectivity index (χ3n) is 5.52. The van der Waals surface area contributed by atoms with Gasteiger partial charge in [-0.3, -0.25) is 4.79 Å². The van der Waals surface area contributed by atoms with Crippen molar-refractivity contribution < 1.29 is 4.79 Å². The number of carbonyl (C=O) groups excluding carboxylic acids is 1. The van der Waals surface area contributed by atoms with Gasteiger partial charge in [-0.15, -0.1) is 11.3 Å². The summed E-state index contributed by atoms with van der Waals surface area (Å²) in [7, 11) is 0. The summed E-state index contributed by atoms with van der Waals surface area (Å²) in [6.07, 6.45) is 5.49. The Kier molecular flexibility index (Phi) is 3.81. The molecule has 0 atom stereocenters. The van der Waals surface area contributed by atoms with Crippen molar-refractivity contribution in [2.24, 2.45) is 0 Å². The molecule has 0 fully saturated rings. The molecule has 0 spiro atoms. The first-order chi connectivity index (χ1) is 12.7. The molecule has 134 valence electrons. The summed E-state index contributed by atoms with van der Waals surface area (Å²) in [5.74, 6) is 1.18. The molecule has 0 bridgehead atoms. The van der Waals surface area contributed by atoms with Gasteiger partial charge < -0.3 is 9.47 Å². The first-order valence-electron chi connectivity index (χ1n) is 9.42. The van der Waals surface area contributed by atoms with Crippen molar-refractivity contribution in [3.8, 4) is 0 Å². The molecule has 26 heavy (non-hydrogen) atoms. The van der Waals surface area contributed by atoms with Crippen LogP contribution < -0.4 is 0 Å². The lowest BCUT2D eigenvalue weighted by atomic mass is 10.1. The summed E-state index contributed by atoms with van der Waals surface area (Å²) < 4.78 is 2.24. The molecular formula is C20H22N4OS. The van der Waals surface area contributed by atoms with E-state index < -0.39 is 0 Å². The lowest BCUT2D eigenvalue weighted by Gasteiger charge is -2.27. The minimum absolute atomic E-state index is 0.0885. The van der Waals surface area contributed by atoms with E-state index in [9.17, 15) is 4.79 Å². The average Bonchev–Trinajstić information content (AvgIpc) is 3.17. The highest BCUT2D eigenvalue weighted by Crippen LogP contribution is 2.28. The highest BCUT2D eigenvalue weighted by molar-refractivity contribution is 7.10. The monoisotopic (exact) mass is 366 g/mol. The van der Waals surface area contributed by atoms with Crippen molar-refractivity contribution in [3.63, 3.8) is 0 Å². The zero-order chi connectivity index (χ0) is 17.7. The largest absolute Gasteiger partial charge is 0.334 e. The summed E-state index contributed by atoms with van der Waals surface area (Å²) in [5.41, 5.74) is 4.57. The molecular weight excluding hydrogens is 344 g/mol. The quantitative estimate of drug-likeness (QED) is 0.659. The van der Waals surface area contributed by atoms with E-state index in [1.54, 1.807) is 11.3 Å². The number of aromatic nitrogens is 3. The summed E-state index contributed by atoms with van der Waals surface area (Å²) >= 11 is 1.80. The number of hydrogen-bond acceptors (Lipinski definition) is 4. The molecule has 3 aromatic rings. The van der Waals surface area contributed by atoms with Crippen LogP contribution in [-0.2, 0) is 25.9 Å². The Balaban J connectivity index is 1.57. The second-order valence-corrected chi connectivity index (χ2v) is 8.32. The SMILES string of the molecule is Cc1cc(C(=O)N2CCc3sccc3C2)c2nc3n(c2n1)CCCCC3. The number of hydrogen-bond donors (Lipinski definition) is 0. The van der Waals surface area contributed by atoms with E-state index >= 15 is 0 Å². The topological polar surface area (TPSA) is 51.0 Å². The van der Waals surface area contributed by atoms with Gasteiger partial charge in [0, 0.05) is 36.6 Å². The van der Waals surface area contributed by atoms with E-state index in [1.165, 1.54) is 23.3 Å². The van der Waals surface area contributed by atoms with Crippen LogP contribution in [0.4, 0.5) is 0 Å². The Labute approximate surface area is 156 Å². The number of fused-ring (bicyclic) bond motifs is 4. The molecule has 0 saturated carbocycles. The zero-order valence-corrected chi connectivity index (χ0v) is 15.8. The molecule has 0 radical (unpaired) electrons. The number of nitrogens with zero attached hydrogens (tertiary/aromatic N) is 4. The van der Waals surface area contributed by atoms with Crippen molar-refractivity contribution in [1.82, 2.24) is 19.4 Å². The van der Waals surface area contributed by atoms with Crippen LogP contribution in [-0.4, -0.2) is 31.9 Å². The van der Waals surface area contributed by atoms with Crippen molar-refractivity contribution in [2.75, 3.05) is 6.54 Å². The molecule has 1 amide bonds. The number of carbonyl (C=O) groups is 1. The van der Waals surface area contributed by atoms with Crippen LogP contribution in [0.1, 0.15) is 51.6 Å². The molecule has 2 aliphatic heterocycles. The van der Waals surface area contributed by atoms with Crippen molar-refractivity contribution >= 4 is 28.4 Å². The predicted octanol–water partition coefficient (Wildman–Crippen LogP) is 3.73. The number of imidazole rings is 1. The number of amides is 1. The van der Waals surface area contributed by atoms with Crippen LogP contribution in [0.5, 0.6) is 0 Å². The molecule has 5 rings (SSSR count). The standard InChI is InChI=1S/C20H22N4OS/c1-13-11-15(20(25)23-9-6-16-14(12-23)7-10-26-16)18-19(21-13)24-8-4-2-3-5-17(24)22-18/h7,10-11H,2-6,8-9,12H2,1H3. The predicted molar refractivity (Wildman–Crippen MR) is 103 cm³/mol. The summed E-state index contributed by atoms with van der Waals surface area (Å²) in [4.78, 5) is 26.3. The van der Waals surface area contributed by atoms with Gasteiger partial charge in [0.1, 0.15) is 11.3 Å². The van der Waals surface area contributed by atoms with Crippen LogP contribution in [0, 0.1) is 6.92 Å². The third kappa shape index (κ3) is 2.55. The van der Waals surface area contributed by atoms with E-state index in [2.05, 4.69) is 16.0 Å². The Morgan fingerprint density at radius 1 is 1.15 bits per heavy atom. The Bertz CT molecular complexity index is 1000. The Morgan fingerprint density at radius 2 is 2.08 bits per heavy atom. The fourth-order valence-corrected chi connectivity index (χ4v) is 5.06. The van der Waals surface area contributed by atoms with E-state index in [1.807, 2.05) is 17.9 Å². The molecule has 5 heterocycles. The van der Waals surface area contributed by atoms with Crippen LogP contribution >= 0.6 is 11.3 Å². The lowest BCUT2D eigenvalue weighted by molar-refractivity contribution is 0.0737. The van der Waals surface area contributed by atoms with E-state index in [0.717, 1.165) is 55.0 Å². The Morgan fingerprint density at radius 3 is 3.00 bits per heavy atom. The minimum Gasteiger partial charge on any atom is -0.334 e. The molecule has 0 saturated heterocycles. The van der Waals surface area contributed by atoms with Crippen molar-refractivity contribution in [2.45, 2.75) is 52.1 Å². The molecule has 0 N–H and O–H groups in total. The second-order valence-electron chi connectivity index (χ2n) is 7.32. The van der Waals surface area contributed by atoms with Crippen LogP contribution in [0.25, 0.3) is 11.2 Å². The second kappa shape index (κ2) is 6.20. The van der Waals surface area contributed by atoms with E-state index in [0.29, 0.717) is 12.1 Å². The normalized spacial score (nSPS) is 17.0. The van der Waals surface area contributed by atoms with Crippen molar-refractivity contribution in [3.05, 3.63) is 45.0 Å². The zero-order valence-electron chi connectivity index (χ0n) is 15.0. The first-order valence-corrected chi connectivity index (χ1v) is 10.3. The Hall–Kier alpha value is -2.21. The van der Waals surface area contributed by atoms with Gasteiger partial charge in [0.2, 0.25) is 0 Å². The van der Waals surface area contributed by atoms with Gasteiger partial charge in [0.15, 0.2) is 5.65 Å².